The first-order valence-electron chi connectivity index (χ1n) is 9.08. The first-order chi connectivity index (χ1) is 14.2. The molecule has 2 aromatic heterocycles. The molecule has 0 unspecified atom stereocenters. The van der Waals surface area contributed by atoms with E-state index in [4.69, 9.17) is 9.47 Å². The van der Waals surface area contributed by atoms with Crippen molar-refractivity contribution < 1.29 is 9.47 Å². The van der Waals surface area contributed by atoms with Crippen molar-refractivity contribution in [2.75, 3.05) is 26.6 Å². The summed E-state index contributed by atoms with van der Waals surface area (Å²) in [5.41, 5.74) is 2.47. The zero-order chi connectivity index (χ0) is 20.4. The van der Waals surface area contributed by atoms with Gasteiger partial charge in [0.25, 0.3) is 0 Å². The Bertz CT molecular complexity index is 1230. The molecule has 0 amide bonds. The standard InChI is InChI=1S/C21H21N5O3/c1-22-20-23-12-17-19(24-20)26(15-8-6-9-16(11-15)28-2)21(27)25(17)13-14-7-4-5-10-18(14)29-3/h4-12H,13H2,1-3H3,(H,22,23,24). The van der Waals surface area contributed by atoms with E-state index in [1.165, 1.54) is 0 Å². The molecule has 0 fully saturated rings. The Morgan fingerprint density at radius 2 is 1.90 bits per heavy atom. The lowest BCUT2D eigenvalue weighted by molar-refractivity contribution is 0.408. The number of fused-ring (bicyclic) bond motifs is 1. The number of benzene rings is 2. The summed E-state index contributed by atoms with van der Waals surface area (Å²) in [4.78, 5) is 22.3. The van der Waals surface area contributed by atoms with Crippen LogP contribution in [0, 0.1) is 0 Å². The Labute approximate surface area is 167 Å². The molecule has 4 aromatic rings. The lowest BCUT2D eigenvalue weighted by Gasteiger charge is -2.09. The molecule has 4 rings (SSSR count). The van der Waals surface area contributed by atoms with Crippen LogP contribution in [0.25, 0.3) is 16.9 Å². The molecule has 0 saturated carbocycles. The molecule has 0 bridgehead atoms. The molecule has 0 aliphatic heterocycles. The van der Waals surface area contributed by atoms with Gasteiger partial charge in [-0.3, -0.25) is 4.57 Å². The highest BCUT2D eigenvalue weighted by Gasteiger charge is 2.18. The number of nitrogens with zero attached hydrogens (tertiary/aromatic N) is 4. The van der Waals surface area contributed by atoms with Crippen molar-refractivity contribution >= 4 is 17.1 Å². The van der Waals surface area contributed by atoms with Crippen LogP contribution in [0.2, 0.25) is 0 Å². The molecule has 2 heterocycles. The van der Waals surface area contributed by atoms with Gasteiger partial charge in [-0.1, -0.05) is 24.3 Å². The van der Waals surface area contributed by atoms with Crippen molar-refractivity contribution in [3.63, 3.8) is 0 Å². The lowest BCUT2D eigenvalue weighted by atomic mass is 10.2. The number of rotatable bonds is 6. The second kappa shape index (κ2) is 7.67. The molecular weight excluding hydrogens is 370 g/mol. The van der Waals surface area contributed by atoms with Crippen LogP contribution in [0.1, 0.15) is 5.56 Å². The number of imidazole rings is 1. The molecular formula is C21H21N5O3. The molecule has 1 N–H and O–H groups in total. The minimum atomic E-state index is -0.221. The molecule has 0 saturated heterocycles. The maximum absolute atomic E-state index is 13.4. The summed E-state index contributed by atoms with van der Waals surface area (Å²) in [7, 11) is 4.94. The van der Waals surface area contributed by atoms with E-state index in [-0.39, 0.29) is 5.69 Å². The van der Waals surface area contributed by atoms with Crippen LogP contribution in [0.15, 0.2) is 59.5 Å². The van der Waals surface area contributed by atoms with E-state index in [2.05, 4.69) is 15.3 Å². The number of para-hydroxylation sites is 1. The van der Waals surface area contributed by atoms with Crippen LogP contribution < -0.4 is 20.5 Å². The van der Waals surface area contributed by atoms with Gasteiger partial charge < -0.3 is 14.8 Å². The minimum Gasteiger partial charge on any atom is -0.497 e. The van der Waals surface area contributed by atoms with Crippen molar-refractivity contribution in [1.29, 1.82) is 0 Å². The highest BCUT2D eigenvalue weighted by molar-refractivity contribution is 5.74. The lowest BCUT2D eigenvalue weighted by Crippen LogP contribution is -2.24. The minimum absolute atomic E-state index is 0.221. The molecule has 148 valence electrons. The van der Waals surface area contributed by atoms with Gasteiger partial charge in [-0.05, 0) is 18.2 Å². The van der Waals surface area contributed by atoms with Gasteiger partial charge in [0.15, 0.2) is 5.65 Å². The van der Waals surface area contributed by atoms with Gasteiger partial charge in [-0.25, -0.2) is 14.3 Å². The summed E-state index contributed by atoms with van der Waals surface area (Å²) in [6.07, 6.45) is 1.65. The second-order valence-electron chi connectivity index (χ2n) is 6.37. The second-order valence-corrected chi connectivity index (χ2v) is 6.37. The van der Waals surface area contributed by atoms with Gasteiger partial charge in [0.2, 0.25) is 5.95 Å². The fraction of sp³-hybridized carbons (Fsp3) is 0.190. The van der Waals surface area contributed by atoms with Gasteiger partial charge in [0.1, 0.15) is 17.0 Å². The maximum atomic E-state index is 13.4. The number of anilines is 1. The zero-order valence-electron chi connectivity index (χ0n) is 16.4. The normalized spacial score (nSPS) is 10.9. The van der Waals surface area contributed by atoms with Gasteiger partial charge in [-0.2, -0.15) is 4.98 Å². The number of hydrogen-bond donors (Lipinski definition) is 1. The molecule has 0 radical (unpaired) electrons. The van der Waals surface area contributed by atoms with Gasteiger partial charge >= 0.3 is 5.69 Å². The largest absolute Gasteiger partial charge is 0.497 e. The fourth-order valence-corrected chi connectivity index (χ4v) is 3.30. The molecule has 0 atom stereocenters. The molecule has 2 aromatic carbocycles. The Morgan fingerprint density at radius 3 is 2.66 bits per heavy atom. The Balaban J connectivity index is 1.96. The highest BCUT2D eigenvalue weighted by atomic mass is 16.5. The summed E-state index contributed by atoms with van der Waals surface area (Å²) in [5.74, 6) is 1.81. The van der Waals surface area contributed by atoms with Crippen molar-refractivity contribution in [3.05, 3.63) is 70.8 Å². The van der Waals surface area contributed by atoms with Crippen LogP contribution in [-0.4, -0.2) is 40.4 Å². The van der Waals surface area contributed by atoms with E-state index < -0.39 is 0 Å². The zero-order valence-corrected chi connectivity index (χ0v) is 16.4. The number of nitrogens with one attached hydrogen (secondary N) is 1. The maximum Gasteiger partial charge on any atom is 0.335 e. The fourth-order valence-electron chi connectivity index (χ4n) is 3.30. The molecule has 0 aliphatic carbocycles. The summed E-state index contributed by atoms with van der Waals surface area (Å²) in [6.45, 7) is 0.332. The molecule has 0 aliphatic rings. The highest BCUT2D eigenvalue weighted by Crippen LogP contribution is 2.23. The van der Waals surface area contributed by atoms with Crippen LogP contribution in [-0.2, 0) is 6.54 Å². The Kier molecular flexibility index (Phi) is 4.90. The monoisotopic (exact) mass is 391 g/mol. The summed E-state index contributed by atoms with van der Waals surface area (Å²) >= 11 is 0. The average Bonchev–Trinajstić information content (AvgIpc) is 3.04. The predicted octanol–water partition coefficient (Wildman–Crippen LogP) is 2.69. The SMILES string of the molecule is CNc1ncc2c(n1)n(-c1cccc(OC)c1)c(=O)n2Cc1ccccc1OC. The number of aromatic nitrogens is 4. The van der Waals surface area contributed by atoms with E-state index in [1.54, 1.807) is 42.7 Å². The third kappa shape index (κ3) is 3.29. The van der Waals surface area contributed by atoms with Crippen LogP contribution in [0.5, 0.6) is 11.5 Å². The van der Waals surface area contributed by atoms with E-state index >= 15 is 0 Å². The third-order valence-corrected chi connectivity index (χ3v) is 4.73. The summed E-state index contributed by atoms with van der Waals surface area (Å²) in [6, 6.07) is 14.9. The number of ether oxygens (including phenoxy) is 2. The van der Waals surface area contributed by atoms with Crippen molar-refractivity contribution in [1.82, 2.24) is 19.1 Å². The van der Waals surface area contributed by atoms with E-state index in [1.807, 2.05) is 42.5 Å². The Hall–Kier alpha value is -3.81. The summed E-state index contributed by atoms with van der Waals surface area (Å²) < 4.78 is 14.0. The molecule has 8 nitrogen and oxygen atoms in total. The van der Waals surface area contributed by atoms with Crippen LogP contribution in [0.4, 0.5) is 5.95 Å². The van der Waals surface area contributed by atoms with Gasteiger partial charge in [0, 0.05) is 18.7 Å². The molecule has 0 spiro atoms. The predicted molar refractivity (Wildman–Crippen MR) is 111 cm³/mol. The molecule has 8 heteroatoms. The number of hydrogen-bond acceptors (Lipinski definition) is 6. The van der Waals surface area contributed by atoms with Crippen LogP contribution >= 0.6 is 0 Å². The van der Waals surface area contributed by atoms with Gasteiger partial charge in [0.05, 0.1) is 32.6 Å². The topological polar surface area (TPSA) is 83.2 Å². The van der Waals surface area contributed by atoms with E-state index in [0.717, 1.165) is 11.3 Å². The van der Waals surface area contributed by atoms with Crippen molar-refractivity contribution in [2.45, 2.75) is 6.54 Å². The summed E-state index contributed by atoms with van der Waals surface area (Å²) in [5, 5.41) is 2.93. The van der Waals surface area contributed by atoms with Gasteiger partial charge in [-0.15, -0.1) is 0 Å². The Morgan fingerprint density at radius 1 is 1.07 bits per heavy atom. The number of methoxy groups -OCH3 is 2. The first-order valence-corrected chi connectivity index (χ1v) is 9.08. The van der Waals surface area contributed by atoms with E-state index in [0.29, 0.717) is 35.1 Å². The molecule has 29 heavy (non-hydrogen) atoms. The smallest absolute Gasteiger partial charge is 0.335 e. The average molecular weight is 391 g/mol. The quantitative estimate of drug-likeness (QED) is 0.544. The van der Waals surface area contributed by atoms with E-state index in [9.17, 15) is 4.79 Å². The van der Waals surface area contributed by atoms with Crippen molar-refractivity contribution in [2.24, 2.45) is 0 Å². The van der Waals surface area contributed by atoms with Crippen LogP contribution in [0.3, 0.4) is 0 Å². The van der Waals surface area contributed by atoms with Crippen molar-refractivity contribution in [3.8, 4) is 17.2 Å². The first kappa shape index (κ1) is 18.5. The third-order valence-electron chi connectivity index (χ3n) is 4.73.